The van der Waals surface area contributed by atoms with Crippen molar-refractivity contribution >= 4 is 16.7 Å². The third-order valence-electron chi connectivity index (χ3n) is 3.88. The van der Waals surface area contributed by atoms with Gasteiger partial charge in [0.1, 0.15) is 5.75 Å². The molecule has 0 aliphatic carbocycles. The van der Waals surface area contributed by atoms with Gasteiger partial charge in [0.15, 0.2) is 0 Å². The van der Waals surface area contributed by atoms with E-state index in [9.17, 15) is 9.90 Å². The highest BCUT2D eigenvalue weighted by atomic mass is 16.3. The topological polar surface area (TPSA) is 66.6 Å². The average molecular weight is 270 g/mol. The number of hydrogen-bond acceptors (Lipinski definition) is 3. The van der Waals surface area contributed by atoms with Crippen molar-refractivity contribution in [3.63, 3.8) is 0 Å². The first-order valence-electron chi connectivity index (χ1n) is 6.92. The molecule has 1 heterocycles. The fourth-order valence-electron chi connectivity index (χ4n) is 2.79. The van der Waals surface area contributed by atoms with Gasteiger partial charge in [-0.05, 0) is 24.3 Å². The first kappa shape index (κ1) is 12.9. The van der Waals surface area contributed by atoms with Gasteiger partial charge in [-0.15, -0.1) is 0 Å². The summed E-state index contributed by atoms with van der Waals surface area (Å²) in [6, 6.07) is 11.1. The molecule has 3 rings (SSSR count). The number of fused-ring (bicyclic) bond motifs is 1. The Morgan fingerprint density at radius 1 is 1.25 bits per heavy atom. The molecule has 4 heteroatoms. The molecular formula is C16H18N2O2. The Morgan fingerprint density at radius 3 is 2.85 bits per heavy atom. The molecule has 0 bridgehead atoms. The van der Waals surface area contributed by atoms with Crippen LogP contribution in [0.3, 0.4) is 0 Å². The molecule has 1 atom stereocenters. The molecule has 0 radical (unpaired) electrons. The molecular weight excluding hydrogens is 252 g/mol. The van der Waals surface area contributed by atoms with Gasteiger partial charge in [0.25, 0.3) is 5.91 Å². The molecule has 3 N–H and O–H groups in total. The predicted octanol–water partition coefficient (Wildman–Crippen LogP) is 2.11. The van der Waals surface area contributed by atoms with E-state index in [2.05, 4.69) is 0 Å². The number of rotatable bonds is 1. The minimum Gasteiger partial charge on any atom is -0.506 e. The minimum atomic E-state index is -0.136. The van der Waals surface area contributed by atoms with Crippen LogP contribution in [0.15, 0.2) is 36.4 Å². The van der Waals surface area contributed by atoms with Crippen molar-refractivity contribution in [1.29, 1.82) is 0 Å². The zero-order valence-electron chi connectivity index (χ0n) is 11.2. The largest absolute Gasteiger partial charge is 0.506 e. The van der Waals surface area contributed by atoms with E-state index in [0.717, 1.165) is 18.2 Å². The van der Waals surface area contributed by atoms with Gasteiger partial charge >= 0.3 is 0 Å². The van der Waals surface area contributed by atoms with E-state index >= 15 is 0 Å². The number of piperidine rings is 1. The van der Waals surface area contributed by atoms with Gasteiger partial charge in [0, 0.05) is 24.5 Å². The first-order chi connectivity index (χ1) is 9.66. The summed E-state index contributed by atoms with van der Waals surface area (Å²) in [4.78, 5) is 14.3. The molecule has 1 amide bonds. The Bertz CT molecular complexity index is 654. The number of carbonyl (C=O) groups is 1. The van der Waals surface area contributed by atoms with Crippen LogP contribution in [0.5, 0.6) is 5.75 Å². The van der Waals surface area contributed by atoms with Crippen LogP contribution in [0.2, 0.25) is 0 Å². The summed E-state index contributed by atoms with van der Waals surface area (Å²) in [5.41, 5.74) is 6.27. The number of phenolic OH excluding ortho intramolecular Hbond substituents is 1. The zero-order chi connectivity index (χ0) is 14.1. The summed E-state index contributed by atoms with van der Waals surface area (Å²) >= 11 is 0. The lowest BCUT2D eigenvalue weighted by atomic mass is 10.0. The molecule has 0 spiro atoms. The molecule has 104 valence electrons. The maximum Gasteiger partial charge on any atom is 0.257 e. The quantitative estimate of drug-likeness (QED) is 0.834. The molecule has 4 nitrogen and oxygen atoms in total. The Labute approximate surface area is 117 Å². The van der Waals surface area contributed by atoms with E-state index in [-0.39, 0.29) is 17.7 Å². The molecule has 1 aliphatic rings. The lowest BCUT2D eigenvalue weighted by Gasteiger charge is -2.31. The van der Waals surface area contributed by atoms with Gasteiger partial charge in [-0.2, -0.15) is 0 Å². The van der Waals surface area contributed by atoms with Gasteiger partial charge in [-0.3, -0.25) is 4.79 Å². The fourth-order valence-corrected chi connectivity index (χ4v) is 2.79. The number of nitrogens with two attached hydrogens (primary N) is 1. The molecule has 2 aromatic carbocycles. The highest BCUT2D eigenvalue weighted by Gasteiger charge is 2.24. The molecule has 0 aromatic heterocycles. The lowest BCUT2D eigenvalue weighted by Crippen LogP contribution is -2.45. The SMILES string of the molecule is N[C@@H]1CCCN(C(=O)c2ccc3ccccc3c2O)C1. The number of carbonyl (C=O) groups excluding carboxylic acids is 1. The highest BCUT2D eigenvalue weighted by Crippen LogP contribution is 2.29. The second kappa shape index (κ2) is 5.13. The van der Waals surface area contributed by atoms with Gasteiger partial charge in [-0.1, -0.05) is 30.3 Å². The second-order valence-electron chi connectivity index (χ2n) is 5.34. The van der Waals surface area contributed by atoms with Gasteiger partial charge in [-0.25, -0.2) is 0 Å². The summed E-state index contributed by atoms with van der Waals surface area (Å²) in [6.45, 7) is 1.27. The second-order valence-corrected chi connectivity index (χ2v) is 5.34. The van der Waals surface area contributed by atoms with Crippen LogP contribution < -0.4 is 5.73 Å². The molecule has 1 saturated heterocycles. The van der Waals surface area contributed by atoms with Crippen molar-refractivity contribution in [2.75, 3.05) is 13.1 Å². The molecule has 0 saturated carbocycles. The van der Waals surface area contributed by atoms with Crippen molar-refractivity contribution in [3.05, 3.63) is 42.0 Å². The predicted molar refractivity (Wildman–Crippen MR) is 78.7 cm³/mol. The minimum absolute atomic E-state index is 0.0373. The fraction of sp³-hybridized carbons (Fsp3) is 0.312. The normalized spacial score (nSPS) is 19.2. The van der Waals surface area contributed by atoms with Crippen LogP contribution in [-0.2, 0) is 0 Å². The molecule has 1 aliphatic heterocycles. The number of likely N-dealkylation sites (tertiary alicyclic amines) is 1. The summed E-state index contributed by atoms with van der Waals surface area (Å²) in [5.74, 6) is -0.0735. The van der Waals surface area contributed by atoms with Crippen molar-refractivity contribution in [1.82, 2.24) is 4.90 Å². The molecule has 1 fully saturated rings. The monoisotopic (exact) mass is 270 g/mol. The van der Waals surface area contributed by atoms with Crippen LogP contribution >= 0.6 is 0 Å². The average Bonchev–Trinajstić information content (AvgIpc) is 2.47. The number of nitrogens with zero attached hydrogens (tertiary/aromatic N) is 1. The Morgan fingerprint density at radius 2 is 2.05 bits per heavy atom. The van der Waals surface area contributed by atoms with E-state index < -0.39 is 0 Å². The van der Waals surface area contributed by atoms with Crippen molar-refractivity contribution in [3.8, 4) is 5.75 Å². The smallest absolute Gasteiger partial charge is 0.257 e. The molecule has 0 unspecified atom stereocenters. The number of amides is 1. The van der Waals surface area contributed by atoms with Crippen LogP contribution in [0.25, 0.3) is 10.8 Å². The van der Waals surface area contributed by atoms with Crippen molar-refractivity contribution in [2.24, 2.45) is 5.73 Å². The van der Waals surface area contributed by atoms with E-state index in [1.807, 2.05) is 30.3 Å². The maximum absolute atomic E-state index is 12.5. The number of aromatic hydroxyl groups is 1. The van der Waals surface area contributed by atoms with Gasteiger partial charge < -0.3 is 15.7 Å². The lowest BCUT2D eigenvalue weighted by molar-refractivity contribution is 0.0706. The van der Waals surface area contributed by atoms with E-state index in [0.29, 0.717) is 24.0 Å². The maximum atomic E-state index is 12.5. The third-order valence-corrected chi connectivity index (χ3v) is 3.88. The van der Waals surface area contributed by atoms with E-state index in [1.54, 1.807) is 11.0 Å². The number of benzene rings is 2. The summed E-state index contributed by atoms with van der Waals surface area (Å²) in [7, 11) is 0. The Hall–Kier alpha value is -2.07. The summed E-state index contributed by atoms with van der Waals surface area (Å²) in [5, 5.41) is 12.0. The van der Waals surface area contributed by atoms with Gasteiger partial charge in [0.05, 0.1) is 5.56 Å². The van der Waals surface area contributed by atoms with Gasteiger partial charge in [0.2, 0.25) is 0 Å². The van der Waals surface area contributed by atoms with Crippen molar-refractivity contribution in [2.45, 2.75) is 18.9 Å². The first-order valence-corrected chi connectivity index (χ1v) is 6.92. The highest BCUT2D eigenvalue weighted by molar-refractivity contribution is 6.03. The Balaban J connectivity index is 1.97. The standard InChI is InChI=1S/C16H18N2O2/c17-12-5-3-9-18(10-12)16(20)14-8-7-11-4-1-2-6-13(11)15(14)19/h1-2,4,6-8,12,19H,3,5,9-10,17H2/t12-/m1/s1. The Kier molecular flexibility index (Phi) is 3.32. The number of hydrogen-bond donors (Lipinski definition) is 2. The van der Waals surface area contributed by atoms with Crippen LogP contribution in [-0.4, -0.2) is 35.0 Å². The summed E-state index contributed by atoms with van der Waals surface area (Å²) < 4.78 is 0. The molecule has 20 heavy (non-hydrogen) atoms. The van der Waals surface area contributed by atoms with E-state index in [1.165, 1.54) is 0 Å². The van der Waals surface area contributed by atoms with Crippen molar-refractivity contribution < 1.29 is 9.90 Å². The molecule has 2 aromatic rings. The van der Waals surface area contributed by atoms with E-state index in [4.69, 9.17) is 5.73 Å². The zero-order valence-corrected chi connectivity index (χ0v) is 11.2. The van der Waals surface area contributed by atoms with Crippen LogP contribution in [0, 0.1) is 0 Å². The van der Waals surface area contributed by atoms with Crippen LogP contribution in [0.1, 0.15) is 23.2 Å². The third kappa shape index (κ3) is 2.23. The number of phenols is 1. The van der Waals surface area contributed by atoms with Crippen LogP contribution in [0.4, 0.5) is 0 Å². The summed E-state index contributed by atoms with van der Waals surface area (Å²) in [6.07, 6.45) is 1.87.